The standard InChI is InChI=1S/C28H29N7O2/c36-35(37)26-27(33-17-15-32(16-18-33)13-6-9-21-7-2-1-3-8-21)29-20-30-28(26)34-14-12-23-22-10-4-5-11-24(22)31-25(23)19-34/h1-11,20,31H,12-19H2/b9-6-. The summed E-state index contributed by atoms with van der Waals surface area (Å²) in [5.74, 6) is 0.810. The summed E-state index contributed by atoms with van der Waals surface area (Å²) in [6.07, 6.45) is 6.58. The largest absolute Gasteiger partial charge is 0.357 e. The Kier molecular flexibility index (Phi) is 6.28. The van der Waals surface area contributed by atoms with Gasteiger partial charge in [-0.3, -0.25) is 15.0 Å². The molecule has 0 amide bonds. The molecule has 0 spiro atoms. The highest BCUT2D eigenvalue weighted by Gasteiger charge is 2.33. The summed E-state index contributed by atoms with van der Waals surface area (Å²) < 4.78 is 0. The Morgan fingerprint density at radius 1 is 0.919 bits per heavy atom. The number of para-hydroxylation sites is 1. The first-order chi connectivity index (χ1) is 18.2. The van der Waals surface area contributed by atoms with Gasteiger partial charge in [-0.1, -0.05) is 60.7 Å². The van der Waals surface area contributed by atoms with Gasteiger partial charge in [0.15, 0.2) is 0 Å². The monoisotopic (exact) mass is 495 g/mol. The number of aromatic amines is 1. The molecule has 1 N–H and O–H groups in total. The first-order valence-corrected chi connectivity index (χ1v) is 12.7. The van der Waals surface area contributed by atoms with Crippen molar-refractivity contribution in [1.29, 1.82) is 0 Å². The van der Waals surface area contributed by atoms with Crippen LogP contribution in [-0.2, 0) is 13.0 Å². The van der Waals surface area contributed by atoms with E-state index in [4.69, 9.17) is 0 Å². The van der Waals surface area contributed by atoms with Gasteiger partial charge in [0.1, 0.15) is 6.33 Å². The molecule has 2 aromatic heterocycles. The Labute approximate surface area is 215 Å². The molecule has 0 radical (unpaired) electrons. The van der Waals surface area contributed by atoms with Crippen LogP contribution in [0.3, 0.4) is 0 Å². The number of benzene rings is 2. The summed E-state index contributed by atoms with van der Waals surface area (Å²) in [4.78, 5) is 30.7. The summed E-state index contributed by atoms with van der Waals surface area (Å²) in [5.41, 5.74) is 4.67. The highest BCUT2D eigenvalue weighted by atomic mass is 16.6. The molecule has 2 aromatic carbocycles. The number of nitrogens with zero attached hydrogens (tertiary/aromatic N) is 6. The fourth-order valence-corrected chi connectivity index (χ4v) is 5.40. The van der Waals surface area contributed by atoms with Crippen molar-refractivity contribution in [2.75, 3.05) is 49.1 Å². The van der Waals surface area contributed by atoms with Gasteiger partial charge in [0.05, 0.1) is 11.5 Å². The van der Waals surface area contributed by atoms with Gasteiger partial charge in [-0.2, -0.15) is 0 Å². The quantitative estimate of drug-likeness (QED) is 0.315. The predicted molar refractivity (Wildman–Crippen MR) is 146 cm³/mol. The van der Waals surface area contributed by atoms with Crippen LogP contribution in [0.5, 0.6) is 0 Å². The number of hydrogen-bond acceptors (Lipinski definition) is 7. The second kappa shape index (κ2) is 10.0. The van der Waals surface area contributed by atoms with Gasteiger partial charge in [-0.15, -0.1) is 0 Å². The maximum absolute atomic E-state index is 12.3. The van der Waals surface area contributed by atoms with E-state index in [2.05, 4.69) is 56.3 Å². The summed E-state index contributed by atoms with van der Waals surface area (Å²) in [6, 6.07) is 18.5. The van der Waals surface area contributed by atoms with Gasteiger partial charge < -0.3 is 14.8 Å². The minimum absolute atomic E-state index is 0.000477. The molecule has 0 bridgehead atoms. The molecule has 6 rings (SSSR count). The molecule has 2 aliphatic heterocycles. The molecule has 4 heterocycles. The summed E-state index contributed by atoms with van der Waals surface area (Å²) in [5, 5.41) is 13.5. The van der Waals surface area contributed by atoms with Crippen LogP contribution in [-0.4, -0.2) is 64.0 Å². The van der Waals surface area contributed by atoms with Crippen molar-refractivity contribution in [3.63, 3.8) is 0 Å². The van der Waals surface area contributed by atoms with Gasteiger partial charge in [0, 0.05) is 55.9 Å². The van der Waals surface area contributed by atoms with E-state index in [0.717, 1.165) is 37.3 Å². The Morgan fingerprint density at radius 2 is 1.65 bits per heavy atom. The average Bonchev–Trinajstić information content (AvgIpc) is 3.31. The second-order valence-corrected chi connectivity index (χ2v) is 9.53. The lowest BCUT2D eigenvalue weighted by Crippen LogP contribution is -2.47. The Morgan fingerprint density at radius 3 is 2.43 bits per heavy atom. The highest BCUT2D eigenvalue weighted by molar-refractivity contribution is 5.85. The number of H-pyrrole nitrogens is 1. The van der Waals surface area contributed by atoms with Crippen LogP contribution in [0.15, 0.2) is 67.0 Å². The van der Waals surface area contributed by atoms with Gasteiger partial charge in [-0.25, -0.2) is 9.97 Å². The molecular formula is C28H29N7O2. The van der Waals surface area contributed by atoms with E-state index in [0.29, 0.717) is 37.8 Å². The van der Waals surface area contributed by atoms with Gasteiger partial charge >= 0.3 is 5.69 Å². The van der Waals surface area contributed by atoms with Gasteiger partial charge in [0.2, 0.25) is 11.6 Å². The fraction of sp³-hybridized carbons (Fsp3) is 0.286. The van der Waals surface area contributed by atoms with Crippen molar-refractivity contribution in [2.45, 2.75) is 13.0 Å². The van der Waals surface area contributed by atoms with Gasteiger partial charge in [-0.05, 0) is 23.6 Å². The summed E-state index contributed by atoms with van der Waals surface area (Å²) in [6.45, 7) is 5.08. The molecule has 9 heteroatoms. The molecule has 0 saturated carbocycles. The minimum atomic E-state index is -0.319. The molecule has 37 heavy (non-hydrogen) atoms. The maximum atomic E-state index is 12.3. The zero-order valence-electron chi connectivity index (χ0n) is 20.6. The second-order valence-electron chi connectivity index (χ2n) is 9.53. The molecule has 0 atom stereocenters. The predicted octanol–water partition coefficient (Wildman–Crippen LogP) is 4.26. The number of aromatic nitrogens is 3. The molecule has 4 aromatic rings. The van der Waals surface area contributed by atoms with Crippen LogP contribution in [0.2, 0.25) is 0 Å². The molecule has 1 saturated heterocycles. The molecule has 0 aliphatic carbocycles. The maximum Gasteiger partial charge on any atom is 0.353 e. The number of fused-ring (bicyclic) bond motifs is 3. The zero-order valence-corrected chi connectivity index (χ0v) is 20.6. The molecule has 0 unspecified atom stereocenters. The topological polar surface area (TPSA) is 94.4 Å². The number of rotatable bonds is 6. The molecular weight excluding hydrogens is 466 g/mol. The third-order valence-electron chi connectivity index (χ3n) is 7.29. The normalized spacial score (nSPS) is 16.4. The van der Waals surface area contributed by atoms with E-state index >= 15 is 0 Å². The number of nitro groups is 1. The molecule has 1 fully saturated rings. The van der Waals surface area contributed by atoms with E-state index in [1.54, 1.807) is 0 Å². The van der Waals surface area contributed by atoms with Gasteiger partial charge in [0.25, 0.3) is 0 Å². The number of piperazine rings is 1. The third kappa shape index (κ3) is 4.65. The van der Waals surface area contributed by atoms with Crippen LogP contribution >= 0.6 is 0 Å². The molecule has 2 aliphatic rings. The van der Waals surface area contributed by atoms with E-state index in [1.165, 1.54) is 22.8 Å². The van der Waals surface area contributed by atoms with E-state index in [1.807, 2.05) is 40.1 Å². The van der Waals surface area contributed by atoms with E-state index in [9.17, 15) is 10.1 Å². The number of nitrogens with one attached hydrogen (secondary N) is 1. The highest BCUT2D eigenvalue weighted by Crippen LogP contribution is 2.37. The average molecular weight is 496 g/mol. The first kappa shape index (κ1) is 23.2. The van der Waals surface area contributed by atoms with Crippen LogP contribution in [0, 0.1) is 10.1 Å². The lowest BCUT2D eigenvalue weighted by molar-refractivity contribution is -0.383. The van der Waals surface area contributed by atoms with Crippen molar-refractivity contribution >= 4 is 34.3 Å². The zero-order chi connectivity index (χ0) is 25.2. The van der Waals surface area contributed by atoms with Crippen LogP contribution in [0.1, 0.15) is 16.8 Å². The first-order valence-electron chi connectivity index (χ1n) is 12.7. The minimum Gasteiger partial charge on any atom is -0.357 e. The SMILES string of the molecule is O=[N+]([O-])c1c(N2CCN(C/C=C\c3ccccc3)CC2)ncnc1N1CCc2c([nH]c3ccccc23)C1. The van der Waals surface area contributed by atoms with E-state index in [-0.39, 0.29) is 10.6 Å². The third-order valence-corrected chi connectivity index (χ3v) is 7.29. The van der Waals surface area contributed by atoms with E-state index < -0.39 is 0 Å². The lowest BCUT2D eigenvalue weighted by atomic mass is 10.0. The number of anilines is 2. The Hall–Kier alpha value is -4.24. The fourth-order valence-electron chi connectivity index (χ4n) is 5.40. The Bertz CT molecular complexity index is 1440. The summed E-state index contributed by atoms with van der Waals surface area (Å²) >= 11 is 0. The lowest BCUT2D eigenvalue weighted by Gasteiger charge is -2.35. The van der Waals surface area contributed by atoms with Crippen LogP contribution in [0.4, 0.5) is 17.3 Å². The Balaban J connectivity index is 1.18. The van der Waals surface area contributed by atoms with Crippen molar-refractivity contribution in [2.24, 2.45) is 0 Å². The number of hydrogen-bond donors (Lipinski definition) is 1. The smallest absolute Gasteiger partial charge is 0.353 e. The van der Waals surface area contributed by atoms with Crippen LogP contribution in [0.25, 0.3) is 17.0 Å². The van der Waals surface area contributed by atoms with Crippen molar-refractivity contribution in [3.8, 4) is 0 Å². The van der Waals surface area contributed by atoms with Crippen molar-refractivity contribution in [1.82, 2.24) is 19.9 Å². The summed E-state index contributed by atoms with van der Waals surface area (Å²) in [7, 11) is 0. The molecule has 188 valence electrons. The van der Waals surface area contributed by atoms with Crippen molar-refractivity contribution < 1.29 is 4.92 Å². The molecule has 9 nitrogen and oxygen atoms in total. The van der Waals surface area contributed by atoms with Crippen LogP contribution < -0.4 is 9.80 Å². The van der Waals surface area contributed by atoms with Crippen molar-refractivity contribution in [3.05, 3.63) is 93.9 Å².